The lowest BCUT2D eigenvalue weighted by molar-refractivity contribution is 0.0120. The zero-order valence-electron chi connectivity index (χ0n) is 9.96. The van der Waals surface area contributed by atoms with E-state index in [4.69, 9.17) is 0 Å². The Morgan fingerprint density at radius 1 is 1.38 bits per heavy atom. The molecule has 1 aromatic carbocycles. The van der Waals surface area contributed by atoms with Crippen LogP contribution in [0.15, 0.2) is 24.3 Å². The summed E-state index contributed by atoms with van der Waals surface area (Å²) in [5.41, 5.74) is 2.01. The first kappa shape index (κ1) is 10.3. The van der Waals surface area contributed by atoms with Gasteiger partial charge in [0.1, 0.15) is 5.60 Å². The zero-order chi connectivity index (χ0) is 11.4. The molecule has 2 aliphatic rings. The van der Waals surface area contributed by atoms with Crippen molar-refractivity contribution in [3.05, 3.63) is 35.4 Å². The molecule has 1 aliphatic carbocycles. The first-order valence-electron chi connectivity index (χ1n) is 6.16. The maximum absolute atomic E-state index is 10.7. The molecule has 1 aromatic rings. The van der Waals surface area contributed by atoms with Crippen molar-refractivity contribution >= 4 is 0 Å². The molecule has 0 spiro atoms. The fourth-order valence-corrected chi connectivity index (χ4v) is 3.49. The van der Waals surface area contributed by atoms with Gasteiger partial charge >= 0.3 is 0 Å². The van der Waals surface area contributed by atoms with E-state index in [1.165, 1.54) is 5.56 Å². The van der Waals surface area contributed by atoms with Gasteiger partial charge < -0.3 is 10.4 Å². The SMILES string of the molecule is CCC12CNC(C1)C(C)(O)c1ccccc12. The van der Waals surface area contributed by atoms with Crippen LogP contribution < -0.4 is 5.32 Å². The number of benzene rings is 1. The normalized spacial score (nSPS) is 40.8. The van der Waals surface area contributed by atoms with Gasteiger partial charge in [-0.3, -0.25) is 0 Å². The maximum atomic E-state index is 10.7. The molecule has 3 rings (SSSR count). The van der Waals surface area contributed by atoms with Gasteiger partial charge in [-0.1, -0.05) is 31.2 Å². The molecular formula is C14H19NO. The number of hydrogen-bond acceptors (Lipinski definition) is 2. The molecule has 1 aliphatic heterocycles. The van der Waals surface area contributed by atoms with Gasteiger partial charge in [0, 0.05) is 18.0 Å². The minimum Gasteiger partial charge on any atom is -0.384 e. The lowest BCUT2D eigenvalue weighted by Crippen LogP contribution is -2.46. The van der Waals surface area contributed by atoms with E-state index in [-0.39, 0.29) is 11.5 Å². The highest BCUT2D eigenvalue weighted by atomic mass is 16.3. The van der Waals surface area contributed by atoms with Crippen molar-refractivity contribution in [1.82, 2.24) is 5.32 Å². The number of fused-ring (bicyclic) bond motifs is 4. The molecule has 2 heteroatoms. The highest BCUT2D eigenvalue weighted by molar-refractivity contribution is 5.44. The second-order valence-electron chi connectivity index (χ2n) is 5.46. The summed E-state index contributed by atoms with van der Waals surface area (Å²) in [5, 5.41) is 14.2. The molecule has 2 bridgehead atoms. The van der Waals surface area contributed by atoms with Gasteiger partial charge in [-0.2, -0.15) is 0 Å². The molecule has 2 nitrogen and oxygen atoms in total. The Bertz CT molecular complexity index is 426. The van der Waals surface area contributed by atoms with Crippen molar-refractivity contribution in [2.24, 2.45) is 0 Å². The van der Waals surface area contributed by atoms with E-state index in [0.29, 0.717) is 0 Å². The number of rotatable bonds is 1. The van der Waals surface area contributed by atoms with E-state index in [0.717, 1.165) is 24.9 Å². The van der Waals surface area contributed by atoms with Crippen molar-refractivity contribution < 1.29 is 5.11 Å². The number of nitrogens with one attached hydrogen (secondary N) is 1. The van der Waals surface area contributed by atoms with E-state index in [1.54, 1.807) is 0 Å². The fraction of sp³-hybridized carbons (Fsp3) is 0.571. The van der Waals surface area contributed by atoms with Crippen molar-refractivity contribution in [2.75, 3.05) is 6.54 Å². The summed E-state index contributed by atoms with van der Waals surface area (Å²) in [5.74, 6) is 0. The number of hydrogen-bond donors (Lipinski definition) is 2. The van der Waals surface area contributed by atoms with E-state index >= 15 is 0 Å². The van der Waals surface area contributed by atoms with Crippen LogP contribution >= 0.6 is 0 Å². The van der Waals surface area contributed by atoms with Crippen molar-refractivity contribution in [2.45, 2.75) is 43.7 Å². The minimum absolute atomic E-state index is 0.211. The van der Waals surface area contributed by atoms with Crippen LogP contribution in [-0.4, -0.2) is 17.7 Å². The van der Waals surface area contributed by atoms with Gasteiger partial charge in [0.25, 0.3) is 0 Å². The fourth-order valence-electron chi connectivity index (χ4n) is 3.49. The van der Waals surface area contributed by atoms with Gasteiger partial charge in [0.15, 0.2) is 0 Å². The molecule has 0 amide bonds. The zero-order valence-corrected chi connectivity index (χ0v) is 9.96. The lowest BCUT2D eigenvalue weighted by atomic mass is 9.65. The van der Waals surface area contributed by atoms with Crippen LogP contribution in [0.5, 0.6) is 0 Å². The van der Waals surface area contributed by atoms with Crippen molar-refractivity contribution in [3.8, 4) is 0 Å². The van der Waals surface area contributed by atoms with Crippen molar-refractivity contribution in [3.63, 3.8) is 0 Å². The summed E-state index contributed by atoms with van der Waals surface area (Å²) >= 11 is 0. The van der Waals surface area contributed by atoms with E-state index in [1.807, 2.05) is 13.0 Å². The molecule has 0 saturated carbocycles. The summed E-state index contributed by atoms with van der Waals surface area (Å²) in [7, 11) is 0. The second kappa shape index (κ2) is 3.08. The van der Waals surface area contributed by atoms with Crippen LogP contribution in [0.4, 0.5) is 0 Å². The Morgan fingerprint density at radius 2 is 2.06 bits per heavy atom. The molecular weight excluding hydrogens is 198 g/mol. The molecule has 1 heterocycles. The summed E-state index contributed by atoms with van der Waals surface area (Å²) < 4.78 is 0. The average Bonchev–Trinajstić information content (AvgIpc) is 2.71. The Morgan fingerprint density at radius 3 is 2.75 bits per heavy atom. The molecule has 0 radical (unpaired) electrons. The molecule has 86 valence electrons. The first-order valence-corrected chi connectivity index (χ1v) is 6.16. The second-order valence-corrected chi connectivity index (χ2v) is 5.46. The van der Waals surface area contributed by atoms with Gasteiger partial charge in [0.05, 0.1) is 0 Å². The van der Waals surface area contributed by atoms with Crippen LogP contribution in [0, 0.1) is 0 Å². The molecule has 2 N–H and O–H groups in total. The van der Waals surface area contributed by atoms with Crippen LogP contribution in [-0.2, 0) is 11.0 Å². The van der Waals surface area contributed by atoms with E-state index in [9.17, 15) is 5.11 Å². The van der Waals surface area contributed by atoms with Crippen LogP contribution in [0.25, 0.3) is 0 Å². The summed E-state index contributed by atoms with van der Waals surface area (Å²) in [4.78, 5) is 0. The molecule has 16 heavy (non-hydrogen) atoms. The summed E-state index contributed by atoms with van der Waals surface area (Å²) in [6, 6.07) is 8.60. The topological polar surface area (TPSA) is 32.3 Å². The van der Waals surface area contributed by atoms with Crippen LogP contribution in [0.2, 0.25) is 0 Å². The van der Waals surface area contributed by atoms with E-state index < -0.39 is 5.60 Å². The third kappa shape index (κ3) is 1.09. The smallest absolute Gasteiger partial charge is 0.102 e. The molecule has 3 unspecified atom stereocenters. The van der Waals surface area contributed by atoms with Gasteiger partial charge in [-0.15, -0.1) is 0 Å². The van der Waals surface area contributed by atoms with E-state index in [2.05, 4.69) is 30.4 Å². The Balaban J connectivity index is 2.25. The Hall–Kier alpha value is -0.860. The third-order valence-corrected chi connectivity index (χ3v) is 4.68. The predicted octanol–water partition coefficient (Wildman–Crippen LogP) is 1.92. The summed E-state index contributed by atoms with van der Waals surface area (Å²) in [6.45, 7) is 5.19. The monoisotopic (exact) mass is 217 g/mol. The third-order valence-electron chi connectivity index (χ3n) is 4.68. The molecule has 3 atom stereocenters. The molecule has 0 aromatic heterocycles. The summed E-state index contributed by atoms with van der Waals surface area (Å²) in [6.07, 6.45) is 2.21. The van der Waals surface area contributed by atoms with Crippen LogP contribution in [0.1, 0.15) is 37.8 Å². The maximum Gasteiger partial charge on any atom is 0.102 e. The van der Waals surface area contributed by atoms with Crippen LogP contribution in [0.3, 0.4) is 0 Å². The number of aliphatic hydroxyl groups is 1. The minimum atomic E-state index is -0.717. The van der Waals surface area contributed by atoms with Crippen molar-refractivity contribution in [1.29, 1.82) is 0 Å². The quantitative estimate of drug-likeness (QED) is 0.753. The van der Waals surface area contributed by atoms with Gasteiger partial charge in [-0.25, -0.2) is 0 Å². The predicted molar refractivity (Wildman–Crippen MR) is 64.4 cm³/mol. The average molecular weight is 217 g/mol. The Labute approximate surface area is 96.7 Å². The Kier molecular flexibility index (Phi) is 1.99. The van der Waals surface area contributed by atoms with Gasteiger partial charge in [-0.05, 0) is 30.9 Å². The van der Waals surface area contributed by atoms with Gasteiger partial charge in [0.2, 0.25) is 0 Å². The highest BCUT2D eigenvalue weighted by Crippen LogP contribution is 2.49. The molecule has 1 fully saturated rings. The lowest BCUT2D eigenvalue weighted by Gasteiger charge is -2.41. The largest absolute Gasteiger partial charge is 0.384 e. The standard InChI is InChI=1S/C14H19NO/c1-3-14-8-12(15-9-14)13(2,16)10-6-4-5-7-11(10)14/h4-7,12,15-16H,3,8-9H2,1-2H3. The molecule has 1 saturated heterocycles. The first-order chi connectivity index (χ1) is 7.60. The highest BCUT2D eigenvalue weighted by Gasteiger charge is 2.52.